The number of aliphatic hydroxyl groups is 1. The Kier molecular flexibility index (Phi) is 5.94. The third kappa shape index (κ3) is 4.15. The number of nitrogen functional groups attached to an aromatic ring is 1. The molecule has 1 unspecified atom stereocenters. The topological polar surface area (TPSA) is 109 Å². The molecule has 0 radical (unpaired) electrons. The molecule has 1 aliphatic heterocycles. The Morgan fingerprint density at radius 2 is 2.19 bits per heavy atom. The number of rotatable bonds is 6. The van der Waals surface area contributed by atoms with Gasteiger partial charge in [0, 0.05) is 6.54 Å². The first kappa shape index (κ1) is 15.7. The van der Waals surface area contributed by atoms with Crippen molar-refractivity contribution in [3.05, 3.63) is 0 Å². The van der Waals surface area contributed by atoms with E-state index in [1.54, 1.807) is 0 Å². The lowest BCUT2D eigenvalue weighted by molar-refractivity contribution is 0.253. The third-order valence-corrected chi connectivity index (χ3v) is 3.51. The van der Waals surface area contributed by atoms with Gasteiger partial charge in [0.05, 0.1) is 19.3 Å². The van der Waals surface area contributed by atoms with Crippen LogP contribution in [-0.4, -0.2) is 45.9 Å². The van der Waals surface area contributed by atoms with Crippen molar-refractivity contribution in [1.82, 2.24) is 15.0 Å². The van der Waals surface area contributed by atoms with E-state index in [2.05, 4.69) is 20.4 Å². The van der Waals surface area contributed by atoms with Gasteiger partial charge in [-0.15, -0.1) is 0 Å². The third-order valence-electron chi connectivity index (χ3n) is 3.51. The number of hydrogen-bond donors (Lipinski definition) is 3. The molecule has 118 valence electrons. The molecule has 1 aliphatic rings. The van der Waals surface area contributed by atoms with Crippen molar-refractivity contribution >= 4 is 11.9 Å². The standard InChI is InChI=1S/C13H24N6O2/c1-2-8-21-13-16-11(18-14)15-12(17-13)19-7-5-3-4-6-10(19)9-20/h10,20H,2-9,14H2,1H3,(H,15,16,17,18). The number of nitrogens with zero attached hydrogens (tertiary/aromatic N) is 4. The molecule has 1 fully saturated rings. The van der Waals surface area contributed by atoms with Gasteiger partial charge in [0.1, 0.15) is 0 Å². The van der Waals surface area contributed by atoms with E-state index in [9.17, 15) is 5.11 Å². The van der Waals surface area contributed by atoms with Crippen LogP contribution in [0.4, 0.5) is 11.9 Å². The number of aliphatic hydroxyl groups excluding tert-OH is 1. The van der Waals surface area contributed by atoms with Gasteiger partial charge >= 0.3 is 6.01 Å². The number of anilines is 2. The predicted octanol–water partition coefficient (Wildman–Crippen LogP) is 0.687. The summed E-state index contributed by atoms with van der Waals surface area (Å²) in [5, 5.41) is 9.60. The largest absolute Gasteiger partial charge is 0.463 e. The van der Waals surface area contributed by atoms with E-state index in [4.69, 9.17) is 10.6 Å². The van der Waals surface area contributed by atoms with E-state index in [1.165, 1.54) is 0 Å². The fourth-order valence-corrected chi connectivity index (χ4v) is 2.43. The molecule has 8 nitrogen and oxygen atoms in total. The van der Waals surface area contributed by atoms with Gasteiger partial charge in [-0.25, -0.2) is 5.84 Å². The van der Waals surface area contributed by atoms with Crippen LogP contribution in [0.3, 0.4) is 0 Å². The first-order valence-electron chi connectivity index (χ1n) is 7.51. The summed E-state index contributed by atoms with van der Waals surface area (Å²) in [6.07, 6.45) is 5.11. The summed E-state index contributed by atoms with van der Waals surface area (Å²) in [7, 11) is 0. The molecule has 0 bridgehead atoms. The second kappa shape index (κ2) is 7.94. The Morgan fingerprint density at radius 1 is 1.33 bits per heavy atom. The summed E-state index contributed by atoms with van der Waals surface area (Å²) in [6, 6.07) is 0.287. The highest BCUT2D eigenvalue weighted by Crippen LogP contribution is 2.23. The highest BCUT2D eigenvalue weighted by Gasteiger charge is 2.24. The molecule has 1 aromatic rings. The second-order valence-corrected chi connectivity index (χ2v) is 5.11. The Bertz CT molecular complexity index is 445. The minimum atomic E-state index is 0.0274. The second-order valence-electron chi connectivity index (χ2n) is 5.11. The molecule has 0 amide bonds. The summed E-state index contributed by atoms with van der Waals surface area (Å²) >= 11 is 0. The Labute approximate surface area is 124 Å². The molecule has 8 heteroatoms. The van der Waals surface area contributed by atoms with Crippen LogP contribution in [0.1, 0.15) is 39.0 Å². The first-order chi connectivity index (χ1) is 10.3. The fourth-order valence-electron chi connectivity index (χ4n) is 2.43. The Hall–Kier alpha value is -1.67. The van der Waals surface area contributed by atoms with Crippen LogP contribution in [0.15, 0.2) is 0 Å². The van der Waals surface area contributed by atoms with Gasteiger partial charge in [-0.3, -0.25) is 5.43 Å². The fraction of sp³-hybridized carbons (Fsp3) is 0.769. The molecule has 1 aromatic heterocycles. The van der Waals surface area contributed by atoms with Crippen LogP contribution in [0.2, 0.25) is 0 Å². The summed E-state index contributed by atoms with van der Waals surface area (Å²) in [6.45, 7) is 3.45. The SMILES string of the molecule is CCCOc1nc(NN)nc(N2CCCCCC2CO)n1. The van der Waals surface area contributed by atoms with Crippen molar-refractivity contribution in [2.45, 2.75) is 45.1 Å². The van der Waals surface area contributed by atoms with Gasteiger partial charge in [-0.1, -0.05) is 19.8 Å². The van der Waals surface area contributed by atoms with Crippen LogP contribution < -0.4 is 20.9 Å². The van der Waals surface area contributed by atoms with Gasteiger partial charge < -0.3 is 14.7 Å². The average molecular weight is 296 g/mol. The smallest absolute Gasteiger partial charge is 0.323 e. The van der Waals surface area contributed by atoms with E-state index in [1.807, 2.05) is 11.8 Å². The number of nitrogens with one attached hydrogen (secondary N) is 1. The highest BCUT2D eigenvalue weighted by molar-refractivity contribution is 5.39. The lowest BCUT2D eigenvalue weighted by atomic mass is 10.1. The average Bonchev–Trinajstić information content (AvgIpc) is 2.77. The van der Waals surface area contributed by atoms with E-state index in [-0.39, 0.29) is 24.6 Å². The maximum absolute atomic E-state index is 9.60. The van der Waals surface area contributed by atoms with Crippen LogP contribution in [-0.2, 0) is 0 Å². The maximum Gasteiger partial charge on any atom is 0.323 e. The number of nitrogens with two attached hydrogens (primary N) is 1. The molecule has 21 heavy (non-hydrogen) atoms. The lowest BCUT2D eigenvalue weighted by Gasteiger charge is -2.28. The summed E-state index contributed by atoms with van der Waals surface area (Å²) in [4.78, 5) is 14.8. The molecule has 4 N–H and O–H groups in total. The molecule has 1 atom stereocenters. The number of hydrogen-bond acceptors (Lipinski definition) is 8. The molecule has 0 aromatic carbocycles. The van der Waals surface area contributed by atoms with Crippen LogP contribution in [0.5, 0.6) is 6.01 Å². The summed E-state index contributed by atoms with van der Waals surface area (Å²) in [5.41, 5.74) is 2.44. The molecule has 0 spiro atoms. The van der Waals surface area contributed by atoms with Crippen LogP contribution >= 0.6 is 0 Å². The van der Waals surface area contributed by atoms with Crippen molar-refractivity contribution in [3.63, 3.8) is 0 Å². The first-order valence-corrected chi connectivity index (χ1v) is 7.51. The van der Waals surface area contributed by atoms with Gasteiger partial charge in [-0.2, -0.15) is 15.0 Å². The van der Waals surface area contributed by atoms with Gasteiger partial charge in [0.2, 0.25) is 11.9 Å². The van der Waals surface area contributed by atoms with Gasteiger partial charge in [-0.05, 0) is 19.3 Å². The van der Waals surface area contributed by atoms with Crippen molar-refractivity contribution < 1.29 is 9.84 Å². The van der Waals surface area contributed by atoms with E-state index < -0.39 is 0 Å². The summed E-state index contributed by atoms with van der Waals surface area (Å²) < 4.78 is 5.48. The minimum Gasteiger partial charge on any atom is -0.463 e. The zero-order valence-corrected chi connectivity index (χ0v) is 12.5. The number of aromatic nitrogens is 3. The molecule has 0 saturated carbocycles. The monoisotopic (exact) mass is 296 g/mol. The summed E-state index contributed by atoms with van der Waals surface area (Å²) in [5.74, 6) is 6.19. The highest BCUT2D eigenvalue weighted by atomic mass is 16.5. The molecular weight excluding hydrogens is 272 g/mol. The van der Waals surface area contributed by atoms with E-state index in [0.717, 1.165) is 38.6 Å². The van der Waals surface area contributed by atoms with Gasteiger partial charge in [0.15, 0.2) is 0 Å². The van der Waals surface area contributed by atoms with Crippen molar-refractivity contribution in [1.29, 1.82) is 0 Å². The number of hydrazine groups is 1. The number of ether oxygens (including phenoxy) is 1. The molecule has 1 saturated heterocycles. The minimum absolute atomic E-state index is 0.0274. The zero-order chi connectivity index (χ0) is 15.1. The van der Waals surface area contributed by atoms with E-state index in [0.29, 0.717) is 12.6 Å². The van der Waals surface area contributed by atoms with Crippen LogP contribution in [0, 0.1) is 0 Å². The quantitative estimate of drug-likeness (QED) is 0.519. The lowest BCUT2D eigenvalue weighted by Crippen LogP contribution is -2.39. The predicted molar refractivity (Wildman–Crippen MR) is 80.1 cm³/mol. The molecule has 2 heterocycles. The Morgan fingerprint density at radius 3 is 2.90 bits per heavy atom. The molecule has 0 aliphatic carbocycles. The van der Waals surface area contributed by atoms with Crippen molar-refractivity contribution in [2.75, 3.05) is 30.1 Å². The normalized spacial score (nSPS) is 19.2. The van der Waals surface area contributed by atoms with Crippen molar-refractivity contribution in [2.24, 2.45) is 5.84 Å². The maximum atomic E-state index is 9.60. The molecule has 2 rings (SSSR count). The van der Waals surface area contributed by atoms with E-state index >= 15 is 0 Å². The molecular formula is C13H24N6O2. The Balaban J connectivity index is 2.26. The van der Waals surface area contributed by atoms with Crippen LogP contribution in [0.25, 0.3) is 0 Å². The van der Waals surface area contributed by atoms with Gasteiger partial charge in [0.25, 0.3) is 0 Å². The zero-order valence-electron chi connectivity index (χ0n) is 12.5. The van der Waals surface area contributed by atoms with Crippen molar-refractivity contribution in [3.8, 4) is 6.01 Å².